The van der Waals surface area contributed by atoms with Crippen LogP contribution in [0, 0.1) is 5.92 Å². The quantitative estimate of drug-likeness (QED) is 0.814. The van der Waals surface area contributed by atoms with Gasteiger partial charge in [-0.15, -0.1) is 11.3 Å². The average molecular weight is 355 g/mol. The molecule has 0 aromatic carbocycles. The number of anilines is 1. The summed E-state index contributed by atoms with van der Waals surface area (Å²) in [7, 11) is 0. The molecule has 0 radical (unpaired) electrons. The van der Waals surface area contributed by atoms with Crippen molar-refractivity contribution in [2.24, 2.45) is 5.92 Å². The van der Waals surface area contributed by atoms with Crippen molar-refractivity contribution >= 4 is 22.7 Å². The summed E-state index contributed by atoms with van der Waals surface area (Å²) >= 11 is 1.77. The van der Waals surface area contributed by atoms with E-state index in [0.717, 1.165) is 37.9 Å². The van der Waals surface area contributed by atoms with Gasteiger partial charge in [0.15, 0.2) is 0 Å². The largest absolute Gasteiger partial charge is 0.354 e. The molecule has 2 aromatic heterocycles. The minimum Gasteiger partial charge on any atom is -0.354 e. The van der Waals surface area contributed by atoms with Crippen molar-refractivity contribution in [3.63, 3.8) is 0 Å². The highest BCUT2D eigenvalue weighted by atomic mass is 32.1. The maximum Gasteiger partial charge on any atom is 0.128 e. The third kappa shape index (κ3) is 4.28. The normalized spacial score (nSPS) is 22.0. The Morgan fingerprint density at radius 2 is 2.00 bits per heavy atom. The molecule has 3 heterocycles. The van der Waals surface area contributed by atoms with Gasteiger partial charge in [0, 0.05) is 44.0 Å². The zero-order valence-corrected chi connectivity index (χ0v) is 15.5. The summed E-state index contributed by atoms with van der Waals surface area (Å²) in [6.07, 6.45) is 11.3. The van der Waals surface area contributed by atoms with E-state index in [1.54, 1.807) is 11.3 Å². The van der Waals surface area contributed by atoms with Gasteiger partial charge in [-0.2, -0.15) is 0 Å². The molecule has 1 unspecified atom stereocenters. The first-order valence-corrected chi connectivity index (χ1v) is 10.2. The van der Waals surface area contributed by atoms with Gasteiger partial charge in [-0.1, -0.05) is 12.1 Å². The number of thiazole rings is 1. The van der Waals surface area contributed by atoms with Gasteiger partial charge in [-0.25, -0.2) is 9.97 Å². The summed E-state index contributed by atoms with van der Waals surface area (Å²) in [6.45, 7) is 5.74. The molecule has 132 valence electrons. The Bertz CT molecular complexity index is 675. The molecule has 0 spiro atoms. The Morgan fingerprint density at radius 1 is 1.08 bits per heavy atom. The van der Waals surface area contributed by atoms with Gasteiger partial charge < -0.3 is 4.90 Å². The molecular formula is C20H26N4S. The van der Waals surface area contributed by atoms with Gasteiger partial charge in [0.05, 0.1) is 0 Å². The molecule has 5 heteroatoms. The summed E-state index contributed by atoms with van der Waals surface area (Å²) in [5.41, 5.74) is 1.47. The van der Waals surface area contributed by atoms with Gasteiger partial charge in [-0.3, -0.25) is 4.90 Å². The second kappa shape index (κ2) is 8.11. The van der Waals surface area contributed by atoms with Gasteiger partial charge in [-0.05, 0) is 55.9 Å². The van der Waals surface area contributed by atoms with Crippen LogP contribution < -0.4 is 4.90 Å². The van der Waals surface area contributed by atoms with Crippen LogP contribution in [0.1, 0.15) is 30.7 Å². The van der Waals surface area contributed by atoms with Crippen molar-refractivity contribution in [3.8, 4) is 0 Å². The minimum absolute atomic E-state index is 0.845. The standard InChI is InChI=1S/C20H26N4S/c1-2-9-21-19(3-1)24-14-12-23(13-15-24)11-8-17-4-6-18(7-5-17)20-22-10-16-25-20/h1-3,6,9-10,16-17H,4-5,7-8,11-15H2. The molecular weight excluding hydrogens is 328 g/mol. The van der Waals surface area contributed by atoms with Crippen molar-refractivity contribution in [1.29, 1.82) is 0 Å². The van der Waals surface area contributed by atoms with Crippen molar-refractivity contribution < 1.29 is 0 Å². The summed E-state index contributed by atoms with van der Waals surface area (Å²) in [5.74, 6) is 1.96. The van der Waals surface area contributed by atoms with Crippen LogP contribution in [0.15, 0.2) is 42.0 Å². The number of hydrogen-bond donors (Lipinski definition) is 0. The van der Waals surface area contributed by atoms with Crippen LogP contribution in [0.4, 0.5) is 5.82 Å². The molecule has 2 aliphatic rings. The maximum absolute atomic E-state index is 4.47. The van der Waals surface area contributed by atoms with E-state index >= 15 is 0 Å². The van der Waals surface area contributed by atoms with Crippen LogP contribution in [0.5, 0.6) is 0 Å². The van der Waals surface area contributed by atoms with Crippen LogP contribution in [-0.2, 0) is 0 Å². The highest BCUT2D eigenvalue weighted by Crippen LogP contribution is 2.32. The van der Waals surface area contributed by atoms with E-state index in [0.29, 0.717) is 0 Å². The Labute approximate surface area is 154 Å². The molecule has 2 aromatic rings. The zero-order valence-electron chi connectivity index (χ0n) is 14.7. The van der Waals surface area contributed by atoms with Crippen LogP contribution in [0.3, 0.4) is 0 Å². The van der Waals surface area contributed by atoms with Gasteiger partial charge in [0.2, 0.25) is 0 Å². The van der Waals surface area contributed by atoms with Gasteiger partial charge in [0.25, 0.3) is 0 Å². The number of allylic oxidation sites excluding steroid dienone is 2. The predicted molar refractivity (Wildman–Crippen MR) is 105 cm³/mol. The third-order valence-electron chi connectivity index (χ3n) is 5.43. The summed E-state index contributed by atoms with van der Waals surface area (Å²) in [4.78, 5) is 13.9. The molecule has 0 N–H and O–H groups in total. The van der Waals surface area contributed by atoms with Crippen LogP contribution in [-0.4, -0.2) is 47.6 Å². The highest BCUT2D eigenvalue weighted by Gasteiger charge is 2.20. The number of piperazine rings is 1. The molecule has 4 rings (SSSR count). The first kappa shape index (κ1) is 16.7. The van der Waals surface area contributed by atoms with E-state index < -0.39 is 0 Å². The Hall–Kier alpha value is -1.72. The second-order valence-corrected chi connectivity index (χ2v) is 7.91. The molecule has 1 saturated heterocycles. The van der Waals surface area contributed by atoms with E-state index in [-0.39, 0.29) is 0 Å². The molecule has 1 aliphatic heterocycles. The summed E-state index contributed by atoms with van der Waals surface area (Å²) < 4.78 is 0. The lowest BCUT2D eigenvalue weighted by Crippen LogP contribution is -2.47. The molecule has 4 nitrogen and oxygen atoms in total. The van der Waals surface area contributed by atoms with Crippen molar-refractivity contribution in [2.75, 3.05) is 37.6 Å². The summed E-state index contributed by atoms with van der Waals surface area (Å²) in [6, 6.07) is 6.17. The average Bonchev–Trinajstić information content (AvgIpc) is 3.23. The lowest BCUT2D eigenvalue weighted by molar-refractivity contribution is 0.234. The molecule has 0 saturated carbocycles. The minimum atomic E-state index is 0.845. The van der Waals surface area contributed by atoms with Gasteiger partial charge in [0.1, 0.15) is 10.8 Å². The lowest BCUT2D eigenvalue weighted by atomic mass is 9.87. The van der Waals surface area contributed by atoms with Crippen LogP contribution >= 0.6 is 11.3 Å². The second-order valence-electron chi connectivity index (χ2n) is 7.01. The fraction of sp³-hybridized carbons (Fsp3) is 0.500. The summed E-state index contributed by atoms with van der Waals surface area (Å²) in [5, 5.41) is 3.30. The molecule has 1 atom stereocenters. The number of aromatic nitrogens is 2. The fourth-order valence-corrected chi connectivity index (χ4v) is 4.54. The van der Waals surface area contributed by atoms with Crippen molar-refractivity contribution in [1.82, 2.24) is 14.9 Å². The monoisotopic (exact) mass is 354 g/mol. The van der Waals surface area contributed by atoms with Crippen molar-refractivity contribution in [2.45, 2.75) is 25.7 Å². The topological polar surface area (TPSA) is 32.3 Å². The first-order valence-electron chi connectivity index (χ1n) is 9.36. The lowest BCUT2D eigenvalue weighted by Gasteiger charge is -2.36. The number of hydrogen-bond acceptors (Lipinski definition) is 5. The van der Waals surface area contributed by atoms with Crippen LogP contribution in [0.2, 0.25) is 0 Å². The Kier molecular flexibility index (Phi) is 5.43. The van der Waals surface area contributed by atoms with E-state index in [4.69, 9.17) is 0 Å². The van der Waals surface area contributed by atoms with E-state index in [2.05, 4.69) is 43.4 Å². The molecule has 0 bridgehead atoms. The maximum atomic E-state index is 4.47. The third-order valence-corrected chi connectivity index (χ3v) is 6.27. The fourth-order valence-electron chi connectivity index (χ4n) is 3.83. The zero-order chi connectivity index (χ0) is 16.9. The smallest absolute Gasteiger partial charge is 0.128 e. The van der Waals surface area contributed by atoms with E-state index in [1.807, 2.05) is 18.5 Å². The first-order chi connectivity index (χ1) is 12.4. The van der Waals surface area contributed by atoms with Crippen molar-refractivity contribution in [3.05, 3.63) is 47.1 Å². The van der Waals surface area contributed by atoms with Gasteiger partial charge >= 0.3 is 0 Å². The number of rotatable bonds is 5. The highest BCUT2D eigenvalue weighted by molar-refractivity contribution is 7.10. The number of pyridine rings is 1. The van der Waals surface area contributed by atoms with Crippen LogP contribution in [0.25, 0.3) is 5.57 Å². The SMILES string of the molecule is C1=C(c2nccs2)CCC(CCN2CCN(c3ccccn3)CC2)C1. The predicted octanol–water partition coefficient (Wildman–Crippen LogP) is 3.93. The number of nitrogens with zero attached hydrogens (tertiary/aromatic N) is 4. The Balaban J connectivity index is 1.20. The molecule has 25 heavy (non-hydrogen) atoms. The molecule has 1 fully saturated rings. The molecule has 0 amide bonds. The Morgan fingerprint density at radius 3 is 2.68 bits per heavy atom. The molecule has 1 aliphatic carbocycles. The van der Waals surface area contributed by atoms with E-state index in [1.165, 1.54) is 42.8 Å². The van der Waals surface area contributed by atoms with E-state index in [9.17, 15) is 0 Å².